The molecule has 2 aromatic heterocycles. The Balaban J connectivity index is 1.10. The quantitative estimate of drug-likeness (QED) is 0.167. The first-order valence-corrected chi connectivity index (χ1v) is 19.3. The third-order valence-electron chi connectivity index (χ3n) is 11.4. The lowest BCUT2D eigenvalue weighted by atomic mass is 9.97. The maximum absolute atomic E-state index is 2.39. The normalized spacial score (nSPS) is 11.6. The highest BCUT2D eigenvalue weighted by atomic mass is 15.1. The molecule has 2 heteroatoms. The molecule has 0 bridgehead atoms. The minimum Gasteiger partial charge on any atom is -0.315 e. The van der Waals surface area contributed by atoms with Gasteiger partial charge in [0.2, 0.25) is 0 Å². The average molecular weight is 713 g/mol. The highest BCUT2D eigenvalue weighted by molar-refractivity contribution is 6.09. The summed E-state index contributed by atoms with van der Waals surface area (Å²) >= 11 is 0. The lowest BCUT2D eigenvalue weighted by molar-refractivity contribution is 1.26. The van der Waals surface area contributed by atoms with Crippen LogP contribution in [0.1, 0.15) is 0 Å². The van der Waals surface area contributed by atoms with Gasteiger partial charge in [0.15, 0.2) is 0 Å². The summed E-state index contributed by atoms with van der Waals surface area (Å²) in [7, 11) is 0. The Labute approximate surface area is 325 Å². The van der Waals surface area contributed by atoms with Crippen LogP contribution in [0.15, 0.2) is 219 Å². The fourth-order valence-electron chi connectivity index (χ4n) is 8.67. The first-order valence-electron chi connectivity index (χ1n) is 19.3. The SMILES string of the molecule is c1ccc(-c2c3ccc(N(c4ccc(-c5cccc6ccccc56)cc4)c4ccc(-c5cccc6ccccc56)cc4)cc3n3cc4ccccc4cc23)cc1. The molecular weight excluding hydrogens is 677 g/mol. The van der Waals surface area contributed by atoms with Gasteiger partial charge in [-0.15, -0.1) is 0 Å². The molecule has 0 aliphatic carbocycles. The van der Waals surface area contributed by atoms with Crippen molar-refractivity contribution in [2.45, 2.75) is 0 Å². The van der Waals surface area contributed by atoms with Gasteiger partial charge >= 0.3 is 0 Å². The number of hydrogen-bond donors (Lipinski definition) is 0. The second-order valence-electron chi connectivity index (χ2n) is 14.6. The van der Waals surface area contributed by atoms with Gasteiger partial charge in [-0.3, -0.25) is 0 Å². The molecule has 0 atom stereocenters. The number of pyridine rings is 1. The molecule has 0 spiro atoms. The molecule has 0 N–H and O–H groups in total. The smallest absolute Gasteiger partial charge is 0.0556 e. The minimum absolute atomic E-state index is 1.10. The molecule has 0 aliphatic heterocycles. The molecule has 11 rings (SSSR count). The fraction of sp³-hybridized carbons (Fsp3) is 0. The van der Waals surface area contributed by atoms with Crippen molar-refractivity contribution in [3.63, 3.8) is 0 Å². The predicted octanol–water partition coefficient (Wildman–Crippen LogP) is 15.0. The third kappa shape index (κ3) is 5.34. The van der Waals surface area contributed by atoms with Gasteiger partial charge in [0.05, 0.1) is 11.0 Å². The van der Waals surface area contributed by atoms with Crippen LogP contribution in [0.3, 0.4) is 0 Å². The van der Waals surface area contributed by atoms with Gasteiger partial charge in [-0.1, -0.05) is 170 Å². The van der Waals surface area contributed by atoms with E-state index in [1.54, 1.807) is 0 Å². The van der Waals surface area contributed by atoms with E-state index >= 15 is 0 Å². The van der Waals surface area contributed by atoms with Crippen LogP contribution in [0.25, 0.3) is 82.1 Å². The molecule has 0 amide bonds. The number of nitrogens with zero attached hydrogens (tertiary/aromatic N) is 2. The van der Waals surface area contributed by atoms with Crippen LogP contribution in [-0.2, 0) is 0 Å². The van der Waals surface area contributed by atoms with E-state index in [0.29, 0.717) is 0 Å². The highest BCUT2D eigenvalue weighted by Gasteiger charge is 2.19. The summed E-state index contributed by atoms with van der Waals surface area (Å²) in [4.78, 5) is 2.39. The monoisotopic (exact) mass is 712 g/mol. The average Bonchev–Trinajstić information content (AvgIpc) is 3.58. The Bertz CT molecular complexity index is 3100. The van der Waals surface area contributed by atoms with E-state index in [-0.39, 0.29) is 0 Å². The zero-order valence-corrected chi connectivity index (χ0v) is 30.7. The van der Waals surface area contributed by atoms with Gasteiger partial charge in [-0.05, 0) is 103 Å². The van der Waals surface area contributed by atoms with Crippen molar-refractivity contribution < 1.29 is 0 Å². The fourth-order valence-corrected chi connectivity index (χ4v) is 8.67. The van der Waals surface area contributed by atoms with Gasteiger partial charge in [0.25, 0.3) is 0 Å². The largest absolute Gasteiger partial charge is 0.315 e. The Morgan fingerprint density at radius 3 is 1.41 bits per heavy atom. The van der Waals surface area contributed by atoms with Gasteiger partial charge in [-0.2, -0.15) is 0 Å². The summed E-state index contributed by atoms with van der Waals surface area (Å²) in [6, 6.07) is 77.2. The van der Waals surface area contributed by atoms with Crippen LogP contribution in [-0.4, -0.2) is 4.40 Å². The maximum Gasteiger partial charge on any atom is 0.0556 e. The zero-order valence-electron chi connectivity index (χ0n) is 30.7. The number of fused-ring (bicyclic) bond motifs is 6. The number of hydrogen-bond acceptors (Lipinski definition) is 1. The van der Waals surface area contributed by atoms with Crippen molar-refractivity contribution in [2.75, 3.05) is 4.90 Å². The van der Waals surface area contributed by atoms with E-state index < -0.39 is 0 Å². The molecule has 2 nitrogen and oxygen atoms in total. The highest BCUT2D eigenvalue weighted by Crippen LogP contribution is 2.43. The molecular formula is C54H36N2. The van der Waals surface area contributed by atoms with Crippen LogP contribution in [0, 0.1) is 0 Å². The Kier molecular flexibility index (Phi) is 7.53. The van der Waals surface area contributed by atoms with Crippen molar-refractivity contribution in [1.29, 1.82) is 0 Å². The molecule has 0 saturated heterocycles. The van der Waals surface area contributed by atoms with E-state index in [9.17, 15) is 0 Å². The van der Waals surface area contributed by atoms with Crippen LogP contribution in [0.5, 0.6) is 0 Å². The molecule has 0 unspecified atom stereocenters. The zero-order chi connectivity index (χ0) is 37.0. The summed E-state index contributed by atoms with van der Waals surface area (Å²) in [6.07, 6.45) is 2.30. The van der Waals surface area contributed by atoms with Gasteiger partial charge < -0.3 is 9.30 Å². The predicted molar refractivity (Wildman–Crippen MR) is 238 cm³/mol. The van der Waals surface area contributed by atoms with Crippen LogP contribution < -0.4 is 4.90 Å². The molecule has 0 aliphatic rings. The number of anilines is 3. The van der Waals surface area contributed by atoms with Crippen LogP contribution in [0.4, 0.5) is 17.1 Å². The Morgan fingerprint density at radius 2 is 0.804 bits per heavy atom. The summed E-state index contributed by atoms with van der Waals surface area (Å²) in [5, 5.41) is 8.70. The summed E-state index contributed by atoms with van der Waals surface area (Å²) in [6.45, 7) is 0. The first kappa shape index (κ1) is 32.0. The Morgan fingerprint density at radius 1 is 0.304 bits per heavy atom. The number of rotatable bonds is 6. The number of benzene rings is 9. The molecule has 2 heterocycles. The summed E-state index contributed by atoms with van der Waals surface area (Å²) in [5.74, 6) is 0. The van der Waals surface area contributed by atoms with E-state index in [4.69, 9.17) is 0 Å². The van der Waals surface area contributed by atoms with Crippen molar-refractivity contribution in [2.24, 2.45) is 0 Å². The molecule has 9 aromatic carbocycles. The lowest BCUT2D eigenvalue weighted by Gasteiger charge is -2.26. The van der Waals surface area contributed by atoms with E-state index in [0.717, 1.165) is 17.1 Å². The van der Waals surface area contributed by atoms with Crippen molar-refractivity contribution in [3.05, 3.63) is 219 Å². The van der Waals surface area contributed by atoms with Crippen molar-refractivity contribution in [1.82, 2.24) is 4.40 Å². The van der Waals surface area contributed by atoms with Gasteiger partial charge in [0, 0.05) is 34.2 Å². The molecule has 262 valence electrons. The lowest BCUT2D eigenvalue weighted by Crippen LogP contribution is -2.10. The van der Waals surface area contributed by atoms with Crippen LogP contribution >= 0.6 is 0 Å². The third-order valence-corrected chi connectivity index (χ3v) is 11.4. The molecule has 0 radical (unpaired) electrons. The second kappa shape index (κ2) is 13.2. The number of aromatic nitrogens is 1. The van der Waals surface area contributed by atoms with Gasteiger partial charge in [-0.25, -0.2) is 0 Å². The minimum atomic E-state index is 1.10. The second-order valence-corrected chi connectivity index (χ2v) is 14.6. The molecule has 11 aromatic rings. The van der Waals surface area contributed by atoms with Gasteiger partial charge in [0.1, 0.15) is 0 Å². The maximum atomic E-state index is 2.39. The standard InChI is InChI=1S/C54H36N2/c1-2-14-41(15-3-1)54-51-33-32-46(35-52(51)55-36-43-17-5-4-16-42(43)34-53(54)55)56(44-28-24-39(25-29-44)49-22-10-18-37-12-6-8-20-47(37)49)45-30-26-40(27-31-45)50-23-11-19-38-13-7-9-21-48(38)50/h1-36H. The van der Waals surface area contributed by atoms with Crippen molar-refractivity contribution >= 4 is 65.8 Å². The first-order chi connectivity index (χ1) is 27.8. The molecule has 0 saturated carbocycles. The molecule has 56 heavy (non-hydrogen) atoms. The molecule has 0 fully saturated rings. The van der Waals surface area contributed by atoms with E-state index in [1.807, 2.05) is 0 Å². The topological polar surface area (TPSA) is 7.65 Å². The van der Waals surface area contributed by atoms with E-state index in [2.05, 4.69) is 228 Å². The summed E-state index contributed by atoms with van der Waals surface area (Å²) < 4.78 is 2.38. The summed E-state index contributed by atoms with van der Waals surface area (Å²) in [5.41, 5.74) is 13.0. The van der Waals surface area contributed by atoms with E-state index in [1.165, 1.54) is 82.1 Å². The Hall–Kier alpha value is -7.42. The van der Waals surface area contributed by atoms with Crippen molar-refractivity contribution in [3.8, 4) is 33.4 Å². The van der Waals surface area contributed by atoms with Crippen LogP contribution in [0.2, 0.25) is 0 Å².